The first kappa shape index (κ1) is 21.5. The van der Waals surface area contributed by atoms with Gasteiger partial charge in [-0.15, -0.1) is 0 Å². The summed E-state index contributed by atoms with van der Waals surface area (Å²) < 4.78 is 29.3. The van der Waals surface area contributed by atoms with Gasteiger partial charge in [-0.25, -0.2) is 0 Å². The van der Waals surface area contributed by atoms with E-state index in [0.717, 1.165) is 11.1 Å². The van der Waals surface area contributed by atoms with Crippen LogP contribution >= 0.6 is 0 Å². The van der Waals surface area contributed by atoms with Crippen LogP contribution in [0.4, 0.5) is 0 Å². The van der Waals surface area contributed by atoms with E-state index in [0.29, 0.717) is 23.9 Å². The van der Waals surface area contributed by atoms with Gasteiger partial charge in [0.1, 0.15) is 12.4 Å². The van der Waals surface area contributed by atoms with Crippen LogP contribution in [0.5, 0.6) is 17.2 Å². The lowest BCUT2D eigenvalue weighted by molar-refractivity contribution is 0.00578. The molecule has 3 rings (SSSR count). The molecule has 1 aliphatic rings. The van der Waals surface area contributed by atoms with E-state index in [2.05, 4.69) is 0 Å². The number of hydrogen-bond donors (Lipinski definition) is 1. The van der Waals surface area contributed by atoms with Crippen molar-refractivity contribution in [3.8, 4) is 17.2 Å². The number of benzene rings is 2. The smallest absolute Gasteiger partial charge is 0.480 e. The molecule has 0 bridgehead atoms. The second-order valence-corrected chi connectivity index (χ2v) is 8.17. The maximum absolute atomic E-state index is 6.60. The van der Waals surface area contributed by atoms with Crippen LogP contribution in [0.1, 0.15) is 44.8 Å². The molecule has 0 amide bonds. The normalized spacial score (nSPS) is 18.4. The van der Waals surface area contributed by atoms with Gasteiger partial charge in [0.15, 0.2) is 11.5 Å². The fraction of sp³-hybridized carbons (Fsp3) is 0.455. The zero-order valence-corrected chi connectivity index (χ0v) is 18.0. The minimum atomic E-state index is -0.614. The average molecular weight is 399 g/mol. The second kappa shape index (κ2) is 8.26. The van der Waals surface area contributed by atoms with Gasteiger partial charge < -0.3 is 29.3 Å². The van der Waals surface area contributed by atoms with Crippen molar-refractivity contribution in [3.05, 3.63) is 53.6 Å². The first-order valence-electron chi connectivity index (χ1n) is 9.72. The zero-order chi connectivity index (χ0) is 21.2. The lowest BCUT2D eigenvalue weighted by atomic mass is 9.74. The molecule has 0 aliphatic carbocycles. The third-order valence-electron chi connectivity index (χ3n) is 5.68. The summed E-state index contributed by atoms with van der Waals surface area (Å²) in [5.41, 5.74) is 7.44. The van der Waals surface area contributed by atoms with E-state index in [-0.39, 0.29) is 0 Å². The van der Waals surface area contributed by atoms with Gasteiger partial charge in [-0.1, -0.05) is 30.3 Å². The lowest BCUT2D eigenvalue weighted by Gasteiger charge is -2.32. The van der Waals surface area contributed by atoms with Crippen LogP contribution in [-0.4, -0.2) is 32.5 Å². The summed E-state index contributed by atoms with van der Waals surface area (Å²) in [6.45, 7) is 8.41. The Kier molecular flexibility index (Phi) is 6.12. The van der Waals surface area contributed by atoms with Gasteiger partial charge in [0.05, 0.1) is 31.4 Å². The lowest BCUT2D eigenvalue weighted by Crippen LogP contribution is -2.41. The van der Waals surface area contributed by atoms with Crippen molar-refractivity contribution in [2.75, 3.05) is 14.2 Å². The van der Waals surface area contributed by atoms with Crippen molar-refractivity contribution < 1.29 is 23.5 Å². The summed E-state index contributed by atoms with van der Waals surface area (Å²) in [6.07, 6.45) is 0. The van der Waals surface area contributed by atoms with Crippen LogP contribution in [0.3, 0.4) is 0 Å². The van der Waals surface area contributed by atoms with Crippen molar-refractivity contribution >= 4 is 7.12 Å². The number of hydrogen-bond acceptors (Lipinski definition) is 6. The molecule has 6 nitrogen and oxygen atoms in total. The van der Waals surface area contributed by atoms with Gasteiger partial charge >= 0.3 is 7.12 Å². The maximum atomic E-state index is 6.60. The maximum Gasteiger partial charge on any atom is 0.480 e. The SMILES string of the molecule is COc1cc(OCc2ccccc2)c([C@@H](N)B2OC(C)(C)C(C)(C)O2)cc1OC. The minimum absolute atomic E-state index is 0.402. The monoisotopic (exact) mass is 399 g/mol. The van der Waals surface area contributed by atoms with E-state index < -0.39 is 24.3 Å². The molecular formula is C22H30BNO5. The van der Waals surface area contributed by atoms with Gasteiger partial charge in [-0.2, -0.15) is 0 Å². The Bertz CT molecular complexity index is 825. The van der Waals surface area contributed by atoms with E-state index in [1.54, 1.807) is 20.3 Å². The molecule has 0 aromatic heterocycles. The highest BCUT2D eigenvalue weighted by Crippen LogP contribution is 2.43. The van der Waals surface area contributed by atoms with Gasteiger partial charge in [-0.3, -0.25) is 0 Å². The Morgan fingerprint density at radius 1 is 0.897 bits per heavy atom. The summed E-state index contributed by atoms with van der Waals surface area (Å²) in [5.74, 6) is 1.18. The zero-order valence-electron chi connectivity index (χ0n) is 18.0. The fourth-order valence-corrected chi connectivity index (χ4v) is 3.18. The molecule has 0 unspecified atom stereocenters. The van der Waals surface area contributed by atoms with Crippen molar-refractivity contribution in [2.24, 2.45) is 5.73 Å². The molecule has 2 aromatic rings. The highest BCUT2D eigenvalue weighted by Gasteiger charge is 2.53. The molecule has 2 N–H and O–H groups in total. The van der Waals surface area contributed by atoms with E-state index in [1.807, 2.05) is 64.1 Å². The van der Waals surface area contributed by atoms with Crippen LogP contribution in [-0.2, 0) is 15.9 Å². The molecule has 1 aliphatic heterocycles. The Morgan fingerprint density at radius 2 is 1.45 bits per heavy atom. The molecule has 1 saturated heterocycles. The predicted molar refractivity (Wildman–Crippen MR) is 113 cm³/mol. The summed E-state index contributed by atoms with van der Waals surface area (Å²) >= 11 is 0. The van der Waals surface area contributed by atoms with E-state index >= 15 is 0 Å². The van der Waals surface area contributed by atoms with Crippen LogP contribution in [0.2, 0.25) is 0 Å². The number of ether oxygens (including phenoxy) is 3. The topological polar surface area (TPSA) is 72.2 Å². The average Bonchev–Trinajstić information content (AvgIpc) is 2.93. The van der Waals surface area contributed by atoms with Crippen molar-refractivity contribution in [2.45, 2.75) is 51.4 Å². The standard InChI is InChI=1S/C22H30BNO5/c1-21(2)22(3,4)29-23(28-21)20(24)16-12-18(25-5)19(26-6)13-17(16)27-14-15-10-8-7-9-11-15/h7-13,20H,14,24H2,1-6H3/t20-/m1/s1. The third kappa shape index (κ3) is 4.37. The molecule has 29 heavy (non-hydrogen) atoms. The van der Waals surface area contributed by atoms with Gasteiger partial charge in [0.25, 0.3) is 0 Å². The molecule has 0 spiro atoms. The molecular weight excluding hydrogens is 369 g/mol. The molecule has 0 radical (unpaired) electrons. The van der Waals surface area contributed by atoms with E-state index in [9.17, 15) is 0 Å². The largest absolute Gasteiger partial charge is 0.493 e. The van der Waals surface area contributed by atoms with Crippen molar-refractivity contribution in [3.63, 3.8) is 0 Å². The van der Waals surface area contributed by atoms with Gasteiger partial charge in [-0.05, 0) is 39.3 Å². The van der Waals surface area contributed by atoms with E-state index in [1.165, 1.54) is 0 Å². The molecule has 2 aromatic carbocycles. The molecule has 156 valence electrons. The first-order valence-corrected chi connectivity index (χ1v) is 9.72. The minimum Gasteiger partial charge on any atom is -0.493 e. The predicted octanol–water partition coefficient (Wildman–Crippen LogP) is 3.91. The van der Waals surface area contributed by atoms with Crippen molar-refractivity contribution in [1.82, 2.24) is 0 Å². The molecule has 1 fully saturated rings. The summed E-state index contributed by atoms with van der Waals surface area (Å²) in [7, 11) is 2.57. The highest BCUT2D eigenvalue weighted by molar-refractivity contribution is 6.47. The van der Waals surface area contributed by atoms with Gasteiger partial charge in [0.2, 0.25) is 0 Å². The second-order valence-electron chi connectivity index (χ2n) is 8.17. The Hall–Kier alpha value is -2.22. The first-order chi connectivity index (χ1) is 13.7. The third-order valence-corrected chi connectivity index (χ3v) is 5.68. The van der Waals surface area contributed by atoms with Gasteiger partial charge in [0, 0.05) is 11.6 Å². The number of rotatable bonds is 7. The van der Waals surface area contributed by atoms with Crippen LogP contribution in [0, 0.1) is 0 Å². The molecule has 1 atom stereocenters. The summed E-state index contributed by atoms with van der Waals surface area (Å²) in [4.78, 5) is 0. The molecule has 7 heteroatoms. The molecule has 0 saturated carbocycles. The molecule has 1 heterocycles. The Balaban J connectivity index is 1.93. The summed E-state index contributed by atoms with van der Waals surface area (Å²) in [6, 6.07) is 13.6. The number of nitrogens with two attached hydrogens (primary N) is 1. The Morgan fingerprint density at radius 3 is 2.00 bits per heavy atom. The Labute approximate surface area is 173 Å². The fourth-order valence-electron chi connectivity index (χ4n) is 3.18. The number of methoxy groups -OCH3 is 2. The quantitative estimate of drug-likeness (QED) is 0.712. The highest BCUT2D eigenvalue weighted by atomic mass is 16.7. The van der Waals surface area contributed by atoms with Crippen LogP contribution < -0.4 is 19.9 Å². The van der Waals surface area contributed by atoms with Crippen molar-refractivity contribution in [1.29, 1.82) is 0 Å². The summed E-state index contributed by atoms with van der Waals surface area (Å²) in [5, 5.41) is 0. The van der Waals surface area contributed by atoms with E-state index in [4.69, 9.17) is 29.3 Å². The van der Waals surface area contributed by atoms with Crippen LogP contribution in [0.15, 0.2) is 42.5 Å². The van der Waals surface area contributed by atoms with Crippen LogP contribution in [0.25, 0.3) is 0 Å².